The quantitative estimate of drug-likeness (QED) is 0.670. The molecule has 24 heavy (non-hydrogen) atoms. The van der Waals surface area contributed by atoms with E-state index >= 15 is 0 Å². The third-order valence-corrected chi connectivity index (χ3v) is 3.24. The van der Waals surface area contributed by atoms with Crippen LogP contribution in [0.2, 0.25) is 0 Å². The van der Waals surface area contributed by atoms with E-state index in [2.05, 4.69) is 21.1 Å². The number of hydrogen-bond donors (Lipinski definition) is 0. The topological polar surface area (TPSA) is 61.0 Å². The van der Waals surface area contributed by atoms with Gasteiger partial charge in [-0.15, -0.1) is 16.6 Å². The van der Waals surface area contributed by atoms with Crippen molar-refractivity contribution in [2.75, 3.05) is 0 Å². The van der Waals surface area contributed by atoms with Gasteiger partial charge in [-0.25, -0.2) is 4.39 Å². The molecule has 0 aliphatic carbocycles. The van der Waals surface area contributed by atoms with Gasteiger partial charge in [-0.3, -0.25) is 4.98 Å². The van der Waals surface area contributed by atoms with Gasteiger partial charge in [0.25, 0.3) is 5.89 Å². The summed E-state index contributed by atoms with van der Waals surface area (Å²) in [5.41, 5.74) is 2.10. The van der Waals surface area contributed by atoms with Gasteiger partial charge >= 0.3 is 0 Å². The molecule has 2 aromatic heterocycles. The highest BCUT2D eigenvalue weighted by molar-refractivity contribution is 5.50. The number of hydrogen-bond acceptors (Lipinski definition) is 5. The minimum atomic E-state index is -1.30. The molecule has 0 aliphatic heterocycles. The van der Waals surface area contributed by atoms with Crippen LogP contribution < -0.4 is 4.74 Å². The first-order valence-electron chi connectivity index (χ1n) is 7.28. The molecule has 0 radical (unpaired) electrons. The zero-order chi connectivity index (χ0) is 16.9. The number of terminal acetylenes is 1. The van der Waals surface area contributed by atoms with Gasteiger partial charge in [-0.05, 0) is 37.3 Å². The smallest absolute Gasteiger partial charge is 0.250 e. The molecule has 5 nitrogen and oxygen atoms in total. The average molecular weight is 323 g/mol. The van der Waals surface area contributed by atoms with E-state index in [9.17, 15) is 4.39 Å². The molecule has 0 amide bonds. The first-order chi connectivity index (χ1) is 11.7. The fourth-order valence-electron chi connectivity index (χ4n) is 1.98. The lowest BCUT2D eigenvalue weighted by Crippen LogP contribution is -1.98. The number of alkyl halides is 1. The molecule has 0 saturated carbocycles. The van der Waals surface area contributed by atoms with E-state index in [-0.39, 0.29) is 11.8 Å². The van der Waals surface area contributed by atoms with Crippen LogP contribution in [0.4, 0.5) is 4.39 Å². The maximum absolute atomic E-state index is 13.1. The summed E-state index contributed by atoms with van der Waals surface area (Å²) < 4.78 is 24.0. The largest absolute Gasteiger partial charge is 0.487 e. The minimum absolute atomic E-state index is 0.0502. The normalized spacial score (nSPS) is 11.7. The van der Waals surface area contributed by atoms with Crippen molar-refractivity contribution in [2.45, 2.75) is 19.7 Å². The molecule has 3 aromatic rings. The van der Waals surface area contributed by atoms with Crippen LogP contribution in [-0.4, -0.2) is 15.2 Å². The standard InChI is InChI=1S/C18H14FN3O2/c1-3-13-5-4-6-16(9-13)23-11-15-8-7-14(10-20-15)18-22-21-17(24-18)12(2)19/h1,4-10,12H,11H2,2H3. The number of halogens is 1. The molecule has 1 atom stereocenters. The van der Waals surface area contributed by atoms with Crippen molar-refractivity contribution in [3.63, 3.8) is 0 Å². The molecule has 6 heteroatoms. The molecule has 0 saturated heterocycles. The summed E-state index contributed by atoms with van der Waals surface area (Å²) in [6.07, 6.45) is 5.64. The molecule has 1 aromatic carbocycles. The van der Waals surface area contributed by atoms with Gasteiger partial charge in [0.05, 0.1) is 11.3 Å². The second kappa shape index (κ2) is 6.92. The molecule has 120 valence electrons. The molecule has 0 N–H and O–H groups in total. The number of rotatable bonds is 5. The van der Waals surface area contributed by atoms with Gasteiger partial charge in [0, 0.05) is 11.8 Å². The Hall–Kier alpha value is -3.20. The second-order valence-corrected chi connectivity index (χ2v) is 5.06. The van der Waals surface area contributed by atoms with Crippen molar-refractivity contribution in [1.82, 2.24) is 15.2 Å². The van der Waals surface area contributed by atoms with E-state index in [4.69, 9.17) is 15.6 Å². The van der Waals surface area contributed by atoms with Crippen molar-refractivity contribution in [3.05, 3.63) is 59.7 Å². The van der Waals surface area contributed by atoms with Crippen LogP contribution in [0.1, 0.15) is 30.2 Å². The van der Waals surface area contributed by atoms with Crippen LogP contribution in [0.3, 0.4) is 0 Å². The Morgan fingerprint density at radius 2 is 2.17 bits per heavy atom. The van der Waals surface area contributed by atoms with Crippen molar-refractivity contribution >= 4 is 0 Å². The van der Waals surface area contributed by atoms with E-state index in [1.807, 2.05) is 18.2 Å². The summed E-state index contributed by atoms with van der Waals surface area (Å²) in [6.45, 7) is 1.63. The number of ether oxygens (including phenoxy) is 1. The van der Waals surface area contributed by atoms with Crippen molar-refractivity contribution in [3.8, 4) is 29.5 Å². The van der Waals surface area contributed by atoms with Crippen LogP contribution in [0.25, 0.3) is 11.5 Å². The number of nitrogens with zero attached hydrogens (tertiary/aromatic N) is 3. The van der Waals surface area contributed by atoms with Crippen molar-refractivity contribution in [2.24, 2.45) is 0 Å². The molecular formula is C18H14FN3O2. The molecule has 3 rings (SSSR count). The van der Waals surface area contributed by atoms with Crippen LogP contribution in [0.15, 0.2) is 47.0 Å². The highest BCUT2D eigenvalue weighted by Gasteiger charge is 2.14. The van der Waals surface area contributed by atoms with Crippen LogP contribution in [0.5, 0.6) is 5.75 Å². The Balaban J connectivity index is 1.67. The maximum atomic E-state index is 13.1. The summed E-state index contributed by atoms with van der Waals surface area (Å²) in [6, 6.07) is 10.8. The third-order valence-electron chi connectivity index (χ3n) is 3.24. The molecule has 0 bridgehead atoms. The van der Waals surface area contributed by atoms with E-state index in [1.165, 1.54) is 6.92 Å². The van der Waals surface area contributed by atoms with Gasteiger partial charge in [0.2, 0.25) is 5.89 Å². The summed E-state index contributed by atoms with van der Waals surface area (Å²) >= 11 is 0. The number of benzene rings is 1. The second-order valence-electron chi connectivity index (χ2n) is 5.06. The SMILES string of the molecule is C#Cc1cccc(OCc2ccc(-c3nnc(C(C)F)o3)cn2)c1. The molecule has 0 spiro atoms. The van der Waals surface area contributed by atoms with Gasteiger partial charge < -0.3 is 9.15 Å². The van der Waals surface area contributed by atoms with E-state index in [1.54, 1.807) is 24.4 Å². The zero-order valence-electron chi connectivity index (χ0n) is 12.9. The molecule has 0 fully saturated rings. The monoisotopic (exact) mass is 323 g/mol. The predicted octanol–water partition coefficient (Wildman–Crippen LogP) is 3.72. The summed E-state index contributed by atoms with van der Waals surface area (Å²) in [5.74, 6) is 3.41. The Kier molecular flexibility index (Phi) is 4.52. The number of pyridine rings is 1. The summed E-state index contributed by atoms with van der Waals surface area (Å²) in [5, 5.41) is 7.45. The third kappa shape index (κ3) is 3.58. The molecule has 2 heterocycles. The highest BCUT2D eigenvalue weighted by Crippen LogP contribution is 2.22. The van der Waals surface area contributed by atoms with Gasteiger partial charge in [0.1, 0.15) is 12.4 Å². The van der Waals surface area contributed by atoms with Gasteiger partial charge in [-0.1, -0.05) is 12.0 Å². The molecular weight excluding hydrogens is 309 g/mol. The van der Waals surface area contributed by atoms with Crippen LogP contribution >= 0.6 is 0 Å². The molecule has 1 unspecified atom stereocenters. The van der Waals surface area contributed by atoms with Gasteiger partial charge in [-0.2, -0.15) is 0 Å². The maximum Gasteiger partial charge on any atom is 0.250 e. The zero-order valence-corrected chi connectivity index (χ0v) is 12.9. The Bertz CT molecular complexity index is 866. The highest BCUT2D eigenvalue weighted by atomic mass is 19.1. The van der Waals surface area contributed by atoms with Crippen molar-refractivity contribution < 1.29 is 13.5 Å². The first-order valence-corrected chi connectivity index (χ1v) is 7.28. The lowest BCUT2D eigenvalue weighted by molar-refractivity contribution is 0.300. The van der Waals surface area contributed by atoms with Gasteiger partial charge in [0.15, 0.2) is 6.17 Å². The predicted molar refractivity (Wildman–Crippen MR) is 85.8 cm³/mol. The fraction of sp³-hybridized carbons (Fsp3) is 0.167. The number of aromatic nitrogens is 3. The van der Waals surface area contributed by atoms with Crippen LogP contribution in [0, 0.1) is 12.3 Å². The average Bonchev–Trinajstić information content (AvgIpc) is 3.11. The summed E-state index contributed by atoms with van der Waals surface area (Å²) in [4.78, 5) is 4.28. The Labute approximate surface area is 138 Å². The summed E-state index contributed by atoms with van der Waals surface area (Å²) in [7, 11) is 0. The first kappa shape index (κ1) is 15.7. The van der Waals surface area contributed by atoms with E-state index < -0.39 is 6.17 Å². The van der Waals surface area contributed by atoms with E-state index in [0.717, 1.165) is 11.3 Å². The minimum Gasteiger partial charge on any atom is -0.487 e. The Morgan fingerprint density at radius 3 is 2.83 bits per heavy atom. The van der Waals surface area contributed by atoms with E-state index in [0.29, 0.717) is 17.9 Å². The van der Waals surface area contributed by atoms with Crippen LogP contribution in [-0.2, 0) is 6.61 Å². The Morgan fingerprint density at radius 1 is 1.29 bits per heavy atom. The lowest BCUT2D eigenvalue weighted by atomic mass is 10.2. The van der Waals surface area contributed by atoms with Crippen molar-refractivity contribution in [1.29, 1.82) is 0 Å². The fourth-order valence-corrected chi connectivity index (χ4v) is 1.98. The molecule has 0 aliphatic rings. The lowest BCUT2D eigenvalue weighted by Gasteiger charge is -2.06.